The van der Waals surface area contributed by atoms with Gasteiger partial charge in [0.05, 0.1) is 6.67 Å². The van der Waals surface area contributed by atoms with E-state index in [1.54, 1.807) is 17.2 Å². The fourth-order valence-corrected chi connectivity index (χ4v) is 14.2. The lowest BCUT2D eigenvalue weighted by atomic mass is 9.33. The molecule has 6 aliphatic carbocycles. The number of piperidine rings is 1. The average Bonchev–Trinajstić information content (AvgIpc) is 3.62. The number of rotatable bonds is 7. The minimum absolute atomic E-state index is 0.0992. The van der Waals surface area contributed by atoms with Crippen LogP contribution in [0.3, 0.4) is 0 Å². The Morgan fingerprint density at radius 2 is 1.46 bits per heavy atom. The summed E-state index contributed by atoms with van der Waals surface area (Å²) in [5.41, 5.74) is 4.82. The zero-order valence-corrected chi connectivity index (χ0v) is 37.1. The molecule has 4 saturated carbocycles. The summed E-state index contributed by atoms with van der Waals surface area (Å²) in [5, 5.41) is 25.1. The largest absolute Gasteiger partial charge is 0.483 e. The van der Waals surface area contributed by atoms with Crippen molar-refractivity contribution in [3.63, 3.8) is 0 Å². The van der Waals surface area contributed by atoms with Gasteiger partial charge in [-0.05, 0) is 172 Å². The molecule has 0 aromatic rings. The molecule has 9 heteroatoms. The van der Waals surface area contributed by atoms with E-state index in [1.807, 2.05) is 6.92 Å². The molecule has 1 saturated heterocycles. The van der Waals surface area contributed by atoms with Crippen LogP contribution in [0.4, 0.5) is 4.39 Å². The van der Waals surface area contributed by atoms with Crippen molar-refractivity contribution in [2.75, 3.05) is 40.0 Å². The summed E-state index contributed by atoms with van der Waals surface area (Å²) in [5.74, 6) is 3.45. The minimum atomic E-state index is -0.250. The van der Waals surface area contributed by atoms with Crippen LogP contribution in [0.25, 0.3) is 0 Å². The highest BCUT2D eigenvalue weighted by atomic mass is 19.1. The summed E-state index contributed by atoms with van der Waals surface area (Å²) >= 11 is 0. The molecular formula is C48H81FN2O6. The van der Waals surface area contributed by atoms with Crippen LogP contribution in [0.1, 0.15) is 145 Å². The van der Waals surface area contributed by atoms with Gasteiger partial charge in [-0.1, -0.05) is 66.2 Å². The Hall–Kier alpha value is -2.36. The van der Waals surface area contributed by atoms with Crippen LogP contribution in [-0.4, -0.2) is 85.0 Å². The molecule has 1 aliphatic heterocycles. The second-order valence-corrected chi connectivity index (χ2v) is 20.1. The molecule has 0 aromatic heterocycles. The summed E-state index contributed by atoms with van der Waals surface area (Å²) in [6.07, 6.45) is 26.9. The third-order valence-corrected chi connectivity index (χ3v) is 17.2. The number of likely N-dealkylation sites (tertiary alicyclic amines) is 1. The van der Waals surface area contributed by atoms with E-state index in [9.17, 15) is 9.18 Å². The lowest BCUT2D eigenvalue weighted by molar-refractivity contribution is -0.218. The first kappa shape index (κ1) is 49.0. The van der Waals surface area contributed by atoms with Crippen molar-refractivity contribution in [2.45, 2.75) is 150 Å². The van der Waals surface area contributed by atoms with E-state index in [0.717, 1.165) is 89.1 Å². The standard InChI is InChI=1S/C42H67FN2O.C3H6.2CH2O2.CH4O/c1-37(2)32(31-11-9-30(28-43)10-12-31)15-18-39(4)35(37)16-19-41(6)36(39)14-13-33-34-8-7-17-42(34,21-20-40(33,41)5)44-24-27-45-25-22-38(3,29-46)23-26-45;1-3-2;2*2-1-3;1-2/h11,15,29-30,33-36,44H,7-10,12-14,16-28H2,1-6H3;3H,1H2,2H3;2*1H,(H,2,3);2H,1H3/t30?,33?,34?,35?,36?,39?,40-,41?,42?;;;;/m1..../s1. The van der Waals surface area contributed by atoms with Gasteiger partial charge in [-0.3, -0.25) is 14.0 Å². The van der Waals surface area contributed by atoms with Crippen LogP contribution in [0.15, 0.2) is 36.0 Å². The molecule has 4 N–H and O–H groups in total. The zero-order chi connectivity index (χ0) is 42.7. The Morgan fingerprint density at radius 1 is 0.825 bits per heavy atom. The Morgan fingerprint density at radius 3 is 2.02 bits per heavy atom. The number of nitrogens with one attached hydrogen (secondary N) is 1. The van der Waals surface area contributed by atoms with Crippen LogP contribution in [0.5, 0.6) is 0 Å². The molecule has 0 spiro atoms. The van der Waals surface area contributed by atoms with Gasteiger partial charge in [-0.2, -0.15) is 0 Å². The highest BCUT2D eigenvalue weighted by Gasteiger charge is 2.69. The third-order valence-electron chi connectivity index (χ3n) is 17.2. The number of nitrogens with zero attached hydrogens (tertiary/aromatic N) is 1. The van der Waals surface area contributed by atoms with Gasteiger partial charge in [0.1, 0.15) is 6.29 Å². The molecule has 0 bridgehead atoms. The van der Waals surface area contributed by atoms with Crippen LogP contribution in [0, 0.1) is 56.7 Å². The van der Waals surface area contributed by atoms with Crippen molar-refractivity contribution < 1.29 is 34.1 Å². The van der Waals surface area contributed by atoms with Crippen molar-refractivity contribution in [1.82, 2.24) is 10.2 Å². The van der Waals surface area contributed by atoms with Gasteiger partial charge < -0.3 is 30.3 Å². The fourth-order valence-electron chi connectivity index (χ4n) is 14.2. The van der Waals surface area contributed by atoms with E-state index >= 15 is 0 Å². The summed E-state index contributed by atoms with van der Waals surface area (Å²) in [6.45, 7) is 24.5. The van der Waals surface area contributed by atoms with E-state index in [4.69, 9.17) is 24.9 Å². The zero-order valence-electron chi connectivity index (χ0n) is 37.1. The molecule has 0 amide bonds. The number of carbonyl (C=O) groups excluding carboxylic acids is 1. The van der Waals surface area contributed by atoms with Gasteiger partial charge in [-0.15, -0.1) is 6.58 Å². The van der Waals surface area contributed by atoms with Crippen LogP contribution in [0.2, 0.25) is 0 Å². The lowest BCUT2D eigenvalue weighted by Crippen LogP contribution is -2.67. The van der Waals surface area contributed by atoms with E-state index < -0.39 is 0 Å². The van der Waals surface area contributed by atoms with E-state index in [-0.39, 0.29) is 36.4 Å². The predicted octanol–water partition coefficient (Wildman–Crippen LogP) is 9.92. The molecular weight excluding hydrogens is 720 g/mol. The Kier molecular flexibility index (Phi) is 17.8. The van der Waals surface area contributed by atoms with Crippen LogP contribution < -0.4 is 5.32 Å². The first-order valence-corrected chi connectivity index (χ1v) is 22.2. The highest BCUT2D eigenvalue weighted by molar-refractivity contribution is 5.58. The van der Waals surface area contributed by atoms with Gasteiger partial charge in [0.25, 0.3) is 12.9 Å². The second kappa shape index (κ2) is 20.7. The monoisotopic (exact) mass is 801 g/mol. The van der Waals surface area contributed by atoms with Crippen LogP contribution >= 0.6 is 0 Å². The number of halogens is 1. The SMILES string of the molecule is C=CC.CC1(C=O)CCN(CCNC23CCCC2C2CCC4C5(C)CC=C(C6=CCC(CF)CC6)C(C)(C)C5CCC4(C)[C@]2(C)CC3)CC1.CO.O=CO.O=CO. The molecule has 9 atom stereocenters. The first-order chi connectivity index (χ1) is 27.1. The Bertz CT molecular complexity index is 1380. The number of hydrogen-bond donors (Lipinski definition) is 4. The molecule has 0 aromatic carbocycles. The Labute approximate surface area is 345 Å². The second-order valence-electron chi connectivity index (χ2n) is 20.1. The van der Waals surface area contributed by atoms with Crippen LogP contribution in [-0.2, 0) is 14.4 Å². The lowest BCUT2D eigenvalue weighted by Gasteiger charge is -2.72. The number of fused-ring (bicyclic) bond motifs is 7. The van der Waals surface area contributed by atoms with Crippen molar-refractivity contribution in [2.24, 2.45) is 56.7 Å². The number of allylic oxidation sites excluding steroid dienone is 5. The maximum Gasteiger partial charge on any atom is 0.290 e. The molecule has 7 rings (SSSR count). The van der Waals surface area contributed by atoms with E-state index in [2.05, 4.69) is 70.5 Å². The molecule has 1 heterocycles. The number of aliphatic hydroxyl groups is 1. The molecule has 5 fully saturated rings. The number of alkyl halides is 1. The molecule has 8 nitrogen and oxygen atoms in total. The number of hydrogen-bond acceptors (Lipinski definition) is 6. The van der Waals surface area contributed by atoms with Crippen molar-refractivity contribution in [3.05, 3.63) is 36.0 Å². The highest BCUT2D eigenvalue weighted by Crippen LogP contribution is 2.76. The summed E-state index contributed by atoms with van der Waals surface area (Å²) in [4.78, 5) is 30.9. The quantitative estimate of drug-likeness (QED) is 0.148. The van der Waals surface area contributed by atoms with Crippen molar-refractivity contribution >= 4 is 19.2 Å². The fraction of sp³-hybridized carbons (Fsp3) is 0.812. The summed E-state index contributed by atoms with van der Waals surface area (Å²) in [6, 6.07) is 0. The maximum atomic E-state index is 13.4. The topological polar surface area (TPSA) is 127 Å². The first-order valence-electron chi connectivity index (χ1n) is 22.2. The smallest absolute Gasteiger partial charge is 0.290 e. The van der Waals surface area contributed by atoms with Gasteiger partial charge in [0.15, 0.2) is 0 Å². The third kappa shape index (κ3) is 9.67. The number of aldehydes is 1. The van der Waals surface area contributed by atoms with Gasteiger partial charge in [0.2, 0.25) is 0 Å². The van der Waals surface area contributed by atoms with Gasteiger partial charge in [-0.25, -0.2) is 0 Å². The molecule has 8 unspecified atom stereocenters. The molecule has 0 radical (unpaired) electrons. The van der Waals surface area contributed by atoms with E-state index in [0.29, 0.717) is 21.8 Å². The Balaban J connectivity index is 0.000000716. The predicted molar refractivity (Wildman–Crippen MR) is 230 cm³/mol. The minimum Gasteiger partial charge on any atom is -0.483 e. The number of carboxylic acid groups (broad SMARTS) is 2. The number of aliphatic hydroxyl groups excluding tert-OH is 1. The normalized spacial score (nSPS) is 38.4. The molecule has 7 aliphatic rings. The molecule has 57 heavy (non-hydrogen) atoms. The van der Waals surface area contributed by atoms with Gasteiger partial charge in [0, 0.05) is 31.2 Å². The maximum absolute atomic E-state index is 13.4. The van der Waals surface area contributed by atoms with Crippen molar-refractivity contribution in [1.29, 1.82) is 0 Å². The van der Waals surface area contributed by atoms with E-state index in [1.165, 1.54) is 70.5 Å². The number of carbonyl (C=O) groups is 3. The summed E-state index contributed by atoms with van der Waals surface area (Å²) in [7, 11) is 1.00. The van der Waals surface area contributed by atoms with Crippen molar-refractivity contribution in [3.8, 4) is 0 Å². The average molecular weight is 801 g/mol. The molecule has 326 valence electrons. The van der Waals surface area contributed by atoms with Gasteiger partial charge >= 0.3 is 0 Å². The summed E-state index contributed by atoms with van der Waals surface area (Å²) < 4.78 is 13.4.